The number of nitriles is 2. The van der Waals surface area contributed by atoms with Gasteiger partial charge in [0.25, 0.3) is 11.6 Å². The van der Waals surface area contributed by atoms with E-state index in [4.69, 9.17) is 10.5 Å². The zero-order chi connectivity index (χ0) is 18.2. The van der Waals surface area contributed by atoms with Gasteiger partial charge in [-0.15, -0.1) is 0 Å². The minimum Gasteiger partial charge on any atom is -0.322 e. The molecule has 2 rings (SSSR count). The third kappa shape index (κ3) is 4.37. The molecule has 122 valence electrons. The lowest BCUT2D eigenvalue weighted by Gasteiger charge is -2.09. The van der Waals surface area contributed by atoms with Crippen LogP contribution in [-0.2, 0) is 0 Å². The molecule has 9 heteroatoms. The first-order valence-electron chi connectivity index (χ1n) is 6.84. The smallest absolute Gasteiger partial charge is 0.270 e. The SMILES string of the molecule is N#CC(C#N)=NNc1ccc([N+](=O)[O-])cc1C(=O)Nc1ccccc1. The summed E-state index contributed by atoms with van der Waals surface area (Å²) in [5.41, 5.74) is 2.23. The van der Waals surface area contributed by atoms with E-state index < -0.39 is 16.5 Å². The van der Waals surface area contributed by atoms with Gasteiger partial charge in [-0.3, -0.25) is 20.3 Å². The molecule has 0 spiro atoms. The predicted molar refractivity (Wildman–Crippen MR) is 89.8 cm³/mol. The molecule has 0 bridgehead atoms. The Morgan fingerprint density at radius 1 is 1.12 bits per heavy atom. The predicted octanol–water partition coefficient (Wildman–Crippen LogP) is 2.66. The molecule has 0 heterocycles. The molecule has 0 aromatic heterocycles. The summed E-state index contributed by atoms with van der Waals surface area (Å²) >= 11 is 0. The van der Waals surface area contributed by atoms with Gasteiger partial charge in [0.2, 0.25) is 5.71 Å². The summed E-state index contributed by atoms with van der Waals surface area (Å²) in [7, 11) is 0. The molecule has 1 amide bonds. The van der Waals surface area contributed by atoms with Crippen LogP contribution in [0.4, 0.5) is 17.1 Å². The molecule has 0 fully saturated rings. The van der Waals surface area contributed by atoms with Crippen molar-refractivity contribution in [2.75, 3.05) is 10.7 Å². The molecule has 0 radical (unpaired) electrons. The number of nitrogens with one attached hydrogen (secondary N) is 2. The number of nitro benzene ring substituents is 1. The van der Waals surface area contributed by atoms with Crippen molar-refractivity contribution in [1.29, 1.82) is 10.5 Å². The minimum absolute atomic E-state index is 0.0583. The lowest BCUT2D eigenvalue weighted by atomic mass is 10.1. The molecule has 25 heavy (non-hydrogen) atoms. The number of amides is 1. The normalized spacial score (nSPS) is 9.20. The van der Waals surface area contributed by atoms with Crippen LogP contribution in [-0.4, -0.2) is 16.5 Å². The number of hydrogen-bond acceptors (Lipinski definition) is 7. The van der Waals surface area contributed by atoms with Gasteiger partial charge in [-0.05, 0) is 18.2 Å². The average Bonchev–Trinajstić information content (AvgIpc) is 2.63. The van der Waals surface area contributed by atoms with Crippen molar-refractivity contribution >= 4 is 28.7 Å². The van der Waals surface area contributed by atoms with Gasteiger partial charge in [0.15, 0.2) is 0 Å². The minimum atomic E-state index is -0.637. The Morgan fingerprint density at radius 3 is 2.40 bits per heavy atom. The quantitative estimate of drug-likeness (QED) is 0.488. The summed E-state index contributed by atoms with van der Waals surface area (Å²) in [5, 5.41) is 34.5. The van der Waals surface area contributed by atoms with E-state index in [1.54, 1.807) is 42.5 Å². The second-order valence-corrected chi connectivity index (χ2v) is 4.60. The van der Waals surface area contributed by atoms with E-state index in [2.05, 4.69) is 15.8 Å². The zero-order valence-electron chi connectivity index (χ0n) is 12.6. The summed E-state index contributed by atoms with van der Waals surface area (Å²) in [6.45, 7) is 0. The van der Waals surface area contributed by atoms with Crippen LogP contribution in [0, 0.1) is 32.8 Å². The molecule has 2 aromatic carbocycles. The summed E-state index contributed by atoms with van der Waals surface area (Å²) < 4.78 is 0. The number of hydrazone groups is 1. The fourth-order valence-electron chi connectivity index (χ4n) is 1.84. The maximum absolute atomic E-state index is 12.4. The number of anilines is 2. The number of nitrogens with zero attached hydrogens (tertiary/aromatic N) is 4. The van der Waals surface area contributed by atoms with Gasteiger partial charge < -0.3 is 5.32 Å². The highest BCUT2D eigenvalue weighted by Crippen LogP contribution is 2.23. The number of hydrogen-bond donors (Lipinski definition) is 2. The van der Waals surface area contributed by atoms with Crippen molar-refractivity contribution in [2.24, 2.45) is 5.10 Å². The standard InChI is InChI=1S/C16H10N6O3/c17-9-12(10-18)20-21-15-7-6-13(22(24)25)8-14(15)16(23)19-11-4-2-1-3-5-11/h1-8,21H,(H,19,23). The lowest BCUT2D eigenvalue weighted by Crippen LogP contribution is -2.14. The van der Waals surface area contributed by atoms with Gasteiger partial charge in [-0.25, -0.2) is 0 Å². The highest BCUT2D eigenvalue weighted by molar-refractivity contribution is 6.11. The Hall–Kier alpha value is -4.24. The van der Waals surface area contributed by atoms with E-state index in [1.165, 1.54) is 12.1 Å². The summed E-state index contributed by atoms with van der Waals surface area (Å²) in [6, 6.07) is 15.2. The van der Waals surface area contributed by atoms with Crippen LogP contribution < -0.4 is 10.7 Å². The Morgan fingerprint density at radius 2 is 1.80 bits per heavy atom. The molecule has 0 atom stereocenters. The molecule has 0 aliphatic heterocycles. The third-order valence-corrected chi connectivity index (χ3v) is 2.99. The molecule has 0 unspecified atom stereocenters. The molecule has 0 aliphatic carbocycles. The van der Waals surface area contributed by atoms with Crippen LogP contribution in [0.3, 0.4) is 0 Å². The van der Waals surface area contributed by atoms with Crippen LogP contribution in [0.25, 0.3) is 0 Å². The van der Waals surface area contributed by atoms with E-state index in [9.17, 15) is 14.9 Å². The second kappa shape index (κ2) is 7.85. The maximum Gasteiger partial charge on any atom is 0.270 e. The van der Waals surface area contributed by atoms with Crippen molar-refractivity contribution in [3.8, 4) is 12.1 Å². The molecule has 0 saturated heterocycles. The number of non-ortho nitro benzene ring substituents is 1. The van der Waals surface area contributed by atoms with Gasteiger partial charge in [0.05, 0.1) is 16.2 Å². The average molecular weight is 334 g/mol. The second-order valence-electron chi connectivity index (χ2n) is 4.60. The molecular weight excluding hydrogens is 324 g/mol. The van der Waals surface area contributed by atoms with Crippen LogP contribution >= 0.6 is 0 Å². The molecular formula is C16H10N6O3. The maximum atomic E-state index is 12.4. The molecule has 0 saturated carbocycles. The number of nitro groups is 1. The Bertz CT molecular complexity index is 909. The molecule has 0 aliphatic rings. The number of carbonyl (C=O) groups is 1. The summed E-state index contributed by atoms with van der Waals surface area (Å²) in [4.78, 5) is 22.7. The topological polar surface area (TPSA) is 144 Å². The number of benzene rings is 2. The van der Waals surface area contributed by atoms with Gasteiger partial charge in [-0.2, -0.15) is 15.6 Å². The first-order chi connectivity index (χ1) is 12.0. The van der Waals surface area contributed by atoms with E-state index in [-0.39, 0.29) is 16.9 Å². The van der Waals surface area contributed by atoms with Crippen molar-refractivity contribution < 1.29 is 9.72 Å². The van der Waals surface area contributed by atoms with Gasteiger partial charge in [-0.1, -0.05) is 18.2 Å². The molecule has 9 nitrogen and oxygen atoms in total. The Kier molecular flexibility index (Phi) is 5.38. The van der Waals surface area contributed by atoms with Crippen molar-refractivity contribution in [3.63, 3.8) is 0 Å². The first-order valence-corrected chi connectivity index (χ1v) is 6.84. The largest absolute Gasteiger partial charge is 0.322 e. The number of para-hydroxylation sites is 1. The van der Waals surface area contributed by atoms with Gasteiger partial charge in [0.1, 0.15) is 12.1 Å². The fourth-order valence-corrected chi connectivity index (χ4v) is 1.84. The van der Waals surface area contributed by atoms with Gasteiger partial charge >= 0.3 is 0 Å². The summed E-state index contributed by atoms with van der Waals surface area (Å²) in [5.74, 6) is -0.608. The van der Waals surface area contributed by atoms with E-state index in [0.717, 1.165) is 6.07 Å². The van der Waals surface area contributed by atoms with Gasteiger partial charge in [0, 0.05) is 17.8 Å². The van der Waals surface area contributed by atoms with E-state index >= 15 is 0 Å². The third-order valence-electron chi connectivity index (χ3n) is 2.99. The molecule has 2 aromatic rings. The van der Waals surface area contributed by atoms with E-state index in [0.29, 0.717) is 5.69 Å². The Labute approximate surface area is 142 Å². The van der Waals surface area contributed by atoms with E-state index in [1.807, 2.05) is 0 Å². The fraction of sp³-hybridized carbons (Fsp3) is 0. The highest BCUT2D eigenvalue weighted by atomic mass is 16.6. The van der Waals surface area contributed by atoms with Crippen LogP contribution in [0.5, 0.6) is 0 Å². The number of rotatable bonds is 5. The van der Waals surface area contributed by atoms with Crippen LogP contribution in [0.1, 0.15) is 10.4 Å². The van der Waals surface area contributed by atoms with Crippen LogP contribution in [0.2, 0.25) is 0 Å². The first kappa shape index (κ1) is 17.1. The Balaban J connectivity index is 2.38. The van der Waals surface area contributed by atoms with Crippen LogP contribution in [0.15, 0.2) is 53.6 Å². The van der Waals surface area contributed by atoms with Crippen molar-refractivity contribution in [1.82, 2.24) is 0 Å². The summed E-state index contributed by atoms with van der Waals surface area (Å²) in [6.07, 6.45) is 0. The van der Waals surface area contributed by atoms with Crippen molar-refractivity contribution in [2.45, 2.75) is 0 Å². The van der Waals surface area contributed by atoms with Crippen molar-refractivity contribution in [3.05, 3.63) is 64.2 Å². The highest BCUT2D eigenvalue weighted by Gasteiger charge is 2.17. The number of carbonyl (C=O) groups excluding carboxylic acids is 1. The lowest BCUT2D eigenvalue weighted by molar-refractivity contribution is -0.384. The monoisotopic (exact) mass is 334 g/mol. The zero-order valence-corrected chi connectivity index (χ0v) is 12.6. The molecule has 2 N–H and O–H groups in total.